The number of sulfonamides is 1. The first-order valence-electron chi connectivity index (χ1n) is 14.8. The Balaban J connectivity index is 1.84. The third kappa shape index (κ3) is 8.96. The number of nitrogens with one attached hydrogen (secondary N) is 1. The third-order valence-electron chi connectivity index (χ3n) is 7.25. The zero-order chi connectivity index (χ0) is 32.8. The second-order valence-corrected chi connectivity index (χ2v) is 14.5. The van der Waals surface area contributed by atoms with Crippen LogP contribution in [-0.4, -0.2) is 43.3 Å². The smallest absolute Gasteiger partial charge is 0.264 e. The lowest BCUT2D eigenvalue weighted by Gasteiger charge is -2.35. The normalized spacial score (nSPS) is 12.3. The fraction of sp³-hybridized carbons (Fsp3) is 0.278. The molecule has 0 saturated heterocycles. The van der Waals surface area contributed by atoms with Crippen molar-refractivity contribution in [2.75, 3.05) is 10.8 Å². The number of hydrogen-bond acceptors (Lipinski definition) is 4. The SMILES string of the molecule is Cc1ccc(C)c(N(CC(=O)N(Cc2cccc(Cl)c2)[C@H](Cc2ccccc2)C(=O)NC(C)(C)C)S(=O)(=O)c2ccccc2)c1. The molecule has 4 aromatic rings. The highest BCUT2D eigenvalue weighted by Gasteiger charge is 2.36. The van der Waals surface area contributed by atoms with E-state index in [1.807, 2.05) is 83.1 Å². The number of aryl methyl sites for hydroxylation is 2. The lowest BCUT2D eigenvalue weighted by molar-refractivity contribution is -0.140. The first-order valence-corrected chi connectivity index (χ1v) is 16.6. The highest BCUT2D eigenvalue weighted by molar-refractivity contribution is 7.92. The quantitative estimate of drug-likeness (QED) is 0.197. The van der Waals surface area contributed by atoms with Crippen LogP contribution in [0, 0.1) is 13.8 Å². The summed E-state index contributed by atoms with van der Waals surface area (Å²) in [6.07, 6.45) is 0.226. The van der Waals surface area contributed by atoms with Crippen LogP contribution < -0.4 is 9.62 Å². The Kier molecular flexibility index (Phi) is 10.7. The van der Waals surface area contributed by atoms with Gasteiger partial charge in [-0.3, -0.25) is 13.9 Å². The van der Waals surface area contributed by atoms with Gasteiger partial charge >= 0.3 is 0 Å². The van der Waals surface area contributed by atoms with Gasteiger partial charge in [0.15, 0.2) is 0 Å². The molecule has 0 aliphatic heterocycles. The minimum Gasteiger partial charge on any atom is -0.350 e. The van der Waals surface area contributed by atoms with Crippen molar-refractivity contribution < 1.29 is 18.0 Å². The van der Waals surface area contributed by atoms with E-state index in [-0.39, 0.29) is 23.8 Å². The molecule has 0 radical (unpaired) electrons. The van der Waals surface area contributed by atoms with Crippen molar-refractivity contribution in [1.82, 2.24) is 10.2 Å². The van der Waals surface area contributed by atoms with E-state index in [1.54, 1.807) is 42.5 Å². The molecule has 0 aromatic heterocycles. The topological polar surface area (TPSA) is 86.8 Å². The van der Waals surface area contributed by atoms with Crippen LogP contribution in [0.25, 0.3) is 0 Å². The molecule has 2 amide bonds. The number of anilines is 1. The van der Waals surface area contributed by atoms with Crippen LogP contribution in [0.5, 0.6) is 0 Å². The Bertz CT molecular complexity index is 1740. The van der Waals surface area contributed by atoms with Gasteiger partial charge in [-0.1, -0.05) is 84.4 Å². The molecular weight excluding hydrogens is 606 g/mol. The second-order valence-electron chi connectivity index (χ2n) is 12.2. The van der Waals surface area contributed by atoms with E-state index >= 15 is 0 Å². The molecule has 0 aliphatic carbocycles. The van der Waals surface area contributed by atoms with Gasteiger partial charge in [0.2, 0.25) is 11.8 Å². The van der Waals surface area contributed by atoms with Crippen LogP contribution in [0.1, 0.15) is 43.0 Å². The monoisotopic (exact) mass is 645 g/mol. The predicted molar refractivity (Wildman–Crippen MR) is 181 cm³/mol. The molecule has 0 bridgehead atoms. The number of carbonyl (C=O) groups excluding carboxylic acids is 2. The van der Waals surface area contributed by atoms with Crippen LogP contribution in [-0.2, 0) is 32.6 Å². The molecule has 0 aliphatic rings. The van der Waals surface area contributed by atoms with Gasteiger partial charge in [0.1, 0.15) is 12.6 Å². The summed E-state index contributed by atoms with van der Waals surface area (Å²) in [5.74, 6) is -0.869. The summed E-state index contributed by atoms with van der Waals surface area (Å²) < 4.78 is 29.5. The third-order valence-corrected chi connectivity index (χ3v) is 9.26. The van der Waals surface area contributed by atoms with Gasteiger partial charge in [0, 0.05) is 23.5 Å². The molecule has 9 heteroatoms. The Morgan fingerprint density at radius 2 is 1.44 bits per heavy atom. The summed E-state index contributed by atoms with van der Waals surface area (Å²) in [5, 5.41) is 3.53. The van der Waals surface area contributed by atoms with Gasteiger partial charge in [0.25, 0.3) is 10.0 Å². The van der Waals surface area contributed by atoms with E-state index in [1.165, 1.54) is 17.0 Å². The minimum absolute atomic E-state index is 0.0421. The molecule has 0 spiro atoms. The fourth-order valence-electron chi connectivity index (χ4n) is 5.06. The van der Waals surface area contributed by atoms with Crippen LogP contribution in [0.2, 0.25) is 5.02 Å². The lowest BCUT2D eigenvalue weighted by Crippen LogP contribution is -2.56. The summed E-state index contributed by atoms with van der Waals surface area (Å²) in [4.78, 5) is 30.1. The summed E-state index contributed by atoms with van der Waals surface area (Å²) in [6, 6.07) is 29.1. The van der Waals surface area contributed by atoms with Gasteiger partial charge in [-0.05, 0) is 87.2 Å². The molecule has 0 fully saturated rings. The molecule has 0 saturated carbocycles. The van der Waals surface area contributed by atoms with E-state index in [4.69, 9.17) is 11.6 Å². The maximum Gasteiger partial charge on any atom is 0.264 e. The number of carbonyl (C=O) groups is 2. The number of halogens is 1. The van der Waals surface area contributed by atoms with E-state index < -0.39 is 34.1 Å². The summed E-state index contributed by atoms with van der Waals surface area (Å²) in [7, 11) is -4.17. The van der Waals surface area contributed by atoms with Crippen molar-refractivity contribution in [2.24, 2.45) is 0 Å². The first kappa shape index (κ1) is 33.7. The van der Waals surface area contributed by atoms with Crippen molar-refractivity contribution in [3.05, 3.63) is 130 Å². The van der Waals surface area contributed by atoms with Crippen LogP contribution in [0.3, 0.4) is 0 Å². The van der Waals surface area contributed by atoms with Crippen molar-refractivity contribution in [1.29, 1.82) is 0 Å². The van der Waals surface area contributed by atoms with Crippen molar-refractivity contribution in [3.63, 3.8) is 0 Å². The first-order chi connectivity index (χ1) is 21.2. The van der Waals surface area contributed by atoms with Gasteiger partial charge in [-0.25, -0.2) is 8.42 Å². The van der Waals surface area contributed by atoms with Crippen LogP contribution >= 0.6 is 11.6 Å². The highest BCUT2D eigenvalue weighted by Crippen LogP contribution is 2.29. The number of hydrogen-bond donors (Lipinski definition) is 1. The number of benzene rings is 4. The molecule has 1 atom stereocenters. The van der Waals surface area contributed by atoms with E-state index in [2.05, 4.69) is 5.32 Å². The van der Waals surface area contributed by atoms with Gasteiger partial charge < -0.3 is 10.2 Å². The zero-order valence-electron chi connectivity index (χ0n) is 26.3. The van der Waals surface area contributed by atoms with Crippen molar-refractivity contribution >= 4 is 39.1 Å². The minimum atomic E-state index is -4.17. The van der Waals surface area contributed by atoms with Gasteiger partial charge in [0.05, 0.1) is 10.6 Å². The maximum absolute atomic E-state index is 14.6. The fourth-order valence-corrected chi connectivity index (χ4v) is 6.76. The predicted octanol–water partition coefficient (Wildman–Crippen LogP) is 6.71. The Morgan fingerprint density at radius 3 is 2.07 bits per heavy atom. The molecule has 1 N–H and O–H groups in total. The van der Waals surface area contributed by atoms with E-state index in [9.17, 15) is 18.0 Å². The van der Waals surface area contributed by atoms with Gasteiger partial charge in [-0.2, -0.15) is 0 Å². The number of amides is 2. The van der Waals surface area contributed by atoms with Crippen LogP contribution in [0.15, 0.2) is 108 Å². The summed E-state index contributed by atoms with van der Waals surface area (Å²) in [6.45, 7) is 8.84. The summed E-state index contributed by atoms with van der Waals surface area (Å²) >= 11 is 6.32. The van der Waals surface area contributed by atoms with E-state index in [0.717, 1.165) is 15.4 Å². The number of rotatable bonds is 11. The van der Waals surface area contributed by atoms with Crippen molar-refractivity contribution in [3.8, 4) is 0 Å². The Hall–Kier alpha value is -4.14. The molecule has 4 aromatic carbocycles. The highest BCUT2D eigenvalue weighted by atomic mass is 35.5. The lowest BCUT2D eigenvalue weighted by atomic mass is 10.0. The molecular formula is C36H40ClN3O4S. The zero-order valence-corrected chi connectivity index (χ0v) is 27.9. The largest absolute Gasteiger partial charge is 0.350 e. The van der Waals surface area contributed by atoms with Crippen molar-refractivity contribution in [2.45, 2.75) is 64.1 Å². The molecule has 0 unspecified atom stereocenters. The standard InChI is InChI=1S/C36H40ClN3O4S/c1-26-19-20-27(2)32(21-26)40(45(43,44)31-17-10-7-11-18-31)25-34(41)39(24-29-15-12-16-30(37)22-29)33(35(42)38-36(3,4)5)23-28-13-8-6-9-14-28/h6-22,33H,23-25H2,1-5H3,(H,38,42)/t33-/m1/s1. The molecule has 236 valence electrons. The Labute approximate surface area is 271 Å². The average Bonchev–Trinajstić information content (AvgIpc) is 2.99. The summed E-state index contributed by atoms with van der Waals surface area (Å²) in [5.41, 5.74) is 2.94. The van der Waals surface area contributed by atoms with E-state index in [0.29, 0.717) is 21.8 Å². The van der Waals surface area contributed by atoms with Gasteiger partial charge in [-0.15, -0.1) is 0 Å². The Morgan fingerprint density at radius 1 is 0.822 bits per heavy atom. The number of nitrogens with zero attached hydrogens (tertiary/aromatic N) is 2. The molecule has 0 heterocycles. The second kappa shape index (κ2) is 14.3. The molecule has 45 heavy (non-hydrogen) atoms. The molecule has 4 rings (SSSR count). The van der Waals surface area contributed by atoms with Crippen LogP contribution in [0.4, 0.5) is 5.69 Å². The maximum atomic E-state index is 14.6. The average molecular weight is 646 g/mol. The molecule has 7 nitrogen and oxygen atoms in total.